The molecule has 6 unspecified atom stereocenters. The Morgan fingerprint density at radius 3 is 2.02 bits per heavy atom. The lowest BCUT2D eigenvalue weighted by Gasteiger charge is -2.45. The molecule has 11 heteroatoms. The van der Waals surface area contributed by atoms with Crippen molar-refractivity contribution in [1.82, 2.24) is 0 Å². The van der Waals surface area contributed by atoms with Gasteiger partial charge in [-0.3, -0.25) is 0 Å². The molecule has 0 aromatic carbocycles. The maximum Gasteiger partial charge on any atom is 0.429 e. The minimum atomic E-state index is -5.66. The molecule has 0 aromatic rings. The lowest BCUT2D eigenvalue weighted by molar-refractivity contribution is -0.341. The van der Waals surface area contributed by atoms with Gasteiger partial charge in [0.05, 0.1) is 12.2 Å². The second-order valence-electron chi connectivity index (χ2n) is 19.1. The summed E-state index contributed by atoms with van der Waals surface area (Å²) in [5.41, 5.74) is -0.996. The Labute approximate surface area is 306 Å². The highest BCUT2D eigenvalue weighted by atomic mass is 28.4. The third kappa shape index (κ3) is 9.39. The number of alkyl halides is 6. The van der Waals surface area contributed by atoms with Crippen molar-refractivity contribution >= 4 is 16.6 Å². The average molecular weight is 765 g/mol. The first-order valence-electron chi connectivity index (χ1n) is 18.9. The van der Waals surface area contributed by atoms with Crippen LogP contribution in [0.15, 0.2) is 47.6 Å². The van der Waals surface area contributed by atoms with E-state index in [4.69, 9.17) is 8.85 Å². The molecule has 0 spiro atoms. The van der Waals surface area contributed by atoms with Crippen LogP contribution < -0.4 is 0 Å². The Morgan fingerprint density at radius 2 is 1.49 bits per heavy atom. The summed E-state index contributed by atoms with van der Waals surface area (Å²) >= 11 is 0. The fourth-order valence-corrected chi connectivity index (χ4v) is 10.9. The number of allylic oxidation sites excluding steroid dienone is 4. The van der Waals surface area contributed by atoms with Gasteiger partial charge in [0.2, 0.25) is 0 Å². The van der Waals surface area contributed by atoms with Gasteiger partial charge in [0.1, 0.15) is 0 Å². The molecule has 3 aliphatic rings. The van der Waals surface area contributed by atoms with E-state index in [0.717, 1.165) is 49.3 Å². The third-order valence-corrected chi connectivity index (χ3v) is 22.3. The third-order valence-electron chi connectivity index (χ3n) is 13.4. The summed E-state index contributed by atoms with van der Waals surface area (Å²) in [6.07, 6.45) is 0.339. The smallest absolute Gasteiger partial charge is 0.410 e. The second-order valence-corrected chi connectivity index (χ2v) is 28.5. The van der Waals surface area contributed by atoms with Gasteiger partial charge < -0.3 is 14.0 Å². The Balaban J connectivity index is 1.78. The number of aliphatic hydroxyl groups excluding tert-OH is 1. The lowest BCUT2D eigenvalue weighted by Crippen LogP contribution is -2.63. The van der Waals surface area contributed by atoms with E-state index in [0.29, 0.717) is 31.1 Å². The summed E-state index contributed by atoms with van der Waals surface area (Å²) in [5.74, 6) is 0.782. The molecule has 294 valence electrons. The van der Waals surface area contributed by atoms with Gasteiger partial charge in [-0.2, -0.15) is 26.3 Å². The summed E-state index contributed by atoms with van der Waals surface area (Å²) < 4.78 is 97.9. The molecule has 3 nitrogen and oxygen atoms in total. The number of halogens is 6. The highest BCUT2D eigenvalue weighted by Gasteiger charge is 2.72. The van der Waals surface area contributed by atoms with E-state index < -0.39 is 45.7 Å². The van der Waals surface area contributed by atoms with Crippen molar-refractivity contribution in [2.45, 2.75) is 180 Å². The summed E-state index contributed by atoms with van der Waals surface area (Å²) in [6, 6.07) is 0. The molecule has 3 aliphatic carbocycles. The fourth-order valence-electron chi connectivity index (χ4n) is 8.18. The molecule has 1 N–H and O–H groups in total. The van der Waals surface area contributed by atoms with Crippen molar-refractivity contribution in [2.24, 2.45) is 23.2 Å². The van der Waals surface area contributed by atoms with Crippen molar-refractivity contribution in [2.75, 3.05) is 0 Å². The number of hydrogen-bond donors (Lipinski definition) is 1. The van der Waals surface area contributed by atoms with Crippen molar-refractivity contribution < 1.29 is 40.3 Å². The summed E-state index contributed by atoms with van der Waals surface area (Å²) in [7, 11) is -5.54. The highest BCUT2D eigenvalue weighted by molar-refractivity contribution is 6.74. The number of hydrogen-bond acceptors (Lipinski definition) is 3. The van der Waals surface area contributed by atoms with Crippen molar-refractivity contribution in [3.8, 4) is 0 Å². The van der Waals surface area contributed by atoms with Crippen molar-refractivity contribution in [1.29, 1.82) is 0 Å². The number of fused-ring (bicyclic) bond motifs is 1. The fraction of sp³-hybridized carbons (Fsp3) is 0.800. The molecular formula is C40H66F6O3Si2. The topological polar surface area (TPSA) is 38.7 Å². The van der Waals surface area contributed by atoms with Gasteiger partial charge in [0.25, 0.3) is 5.60 Å². The summed E-state index contributed by atoms with van der Waals surface area (Å²) in [6.45, 7) is 27.5. The zero-order chi connectivity index (χ0) is 39.2. The van der Waals surface area contributed by atoms with Gasteiger partial charge in [-0.05, 0) is 128 Å². The van der Waals surface area contributed by atoms with E-state index >= 15 is 0 Å². The van der Waals surface area contributed by atoms with Gasteiger partial charge in [-0.15, -0.1) is 0 Å². The van der Waals surface area contributed by atoms with Crippen LogP contribution in [0.3, 0.4) is 0 Å². The van der Waals surface area contributed by atoms with Crippen LogP contribution in [0.2, 0.25) is 36.3 Å². The molecule has 0 bridgehead atoms. The van der Waals surface area contributed by atoms with Crippen LogP contribution in [0.5, 0.6) is 0 Å². The predicted molar refractivity (Wildman–Crippen MR) is 201 cm³/mol. The summed E-state index contributed by atoms with van der Waals surface area (Å²) in [4.78, 5) is 0. The minimum Gasteiger partial charge on any atom is -0.410 e. The molecule has 3 rings (SSSR count). The Morgan fingerprint density at radius 1 is 0.922 bits per heavy atom. The quantitative estimate of drug-likeness (QED) is 0.137. The van der Waals surface area contributed by atoms with Crippen LogP contribution in [0, 0.1) is 23.2 Å². The molecule has 3 saturated carbocycles. The molecule has 0 saturated heterocycles. The van der Waals surface area contributed by atoms with Gasteiger partial charge in [0.15, 0.2) is 16.6 Å². The molecule has 3 fully saturated rings. The Hall–Kier alpha value is -1.15. The van der Waals surface area contributed by atoms with Crippen molar-refractivity contribution in [3.05, 3.63) is 47.6 Å². The molecule has 0 aromatic heterocycles. The molecule has 51 heavy (non-hydrogen) atoms. The van der Waals surface area contributed by atoms with Crippen LogP contribution in [0.1, 0.15) is 113 Å². The monoisotopic (exact) mass is 764 g/mol. The van der Waals surface area contributed by atoms with E-state index in [2.05, 4.69) is 66.4 Å². The minimum absolute atomic E-state index is 0.00404. The van der Waals surface area contributed by atoms with Crippen molar-refractivity contribution in [3.63, 3.8) is 0 Å². The zero-order valence-corrected chi connectivity index (χ0v) is 35.3. The number of aliphatic hydroxyl groups is 1. The van der Waals surface area contributed by atoms with Crippen LogP contribution in [0.25, 0.3) is 0 Å². The largest absolute Gasteiger partial charge is 0.429 e. The van der Waals surface area contributed by atoms with Crippen LogP contribution in [0.4, 0.5) is 26.3 Å². The predicted octanol–water partition coefficient (Wildman–Crippen LogP) is 13.0. The molecule has 6 atom stereocenters. The van der Waals surface area contributed by atoms with Gasteiger partial charge in [-0.1, -0.05) is 85.8 Å². The SMILES string of the molecule is C=C1/C(=C\C=C2/CCCC3(C)C2CCC3C(C)CC/C=C/C(O[Si](C)(C)C(C)(C)C)(C(F)(F)F)C(F)(F)F)CC(O)CC1O[Si](C)(C)C(C)(C)C. The molecule has 0 aliphatic heterocycles. The standard InChI is InChI=1S/C40H66F6O3Si2/c1-27(17-14-15-24-38(39(41,42)43,40(44,45)46)49-51(12,13)36(6,7)8)32-21-22-33-29(18-16-23-37(32,33)9)19-20-30-25-31(47)26-34(28(30)2)48-50(10,11)35(3,4)5/h15,19-20,24,27,31-34,47H,2,14,16-18,21-23,25-26H2,1,3-13H3/b24-15+,29-19+,30-20-. The van der Waals surface area contributed by atoms with E-state index in [1.165, 1.54) is 18.7 Å². The summed E-state index contributed by atoms with van der Waals surface area (Å²) in [5, 5.41) is 9.99. The normalized spacial score (nSPS) is 30.1. The molecule has 0 heterocycles. The van der Waals surface area contributed by atoms with Crippen LogP contribution in [-0.2, 0) is 8.85 Å². The Kier molecular flexibility index (Phi) is 13.2. The molecular weight excluding hydrogens is 699 g/mol. The highest BCUT2D eigenvalue weighted by Crippen LogP contribution is 2.60. The lowest BCUT2D eigenvalue weighted by atomic mass is 9.60. The van der Waals surface area contributed by atoms with Gasteiger partial charge >= 0.3 is 12.4 Å². The van der Waals surface area contributed by atoms with Gasteiger partial charge in [-0.25, -0.2) is 0 Å². The average Bonchev–Trinajstić information content (AvgIpc) is 3.30. The van der Waals surface area contributed by atoms with E-state index in [9.17, 15) is 31.4 Å². The van der Waals surface area contributed by atoms with Crippen LogP contribution in [-0.4, -0.2) is 51.9 Å². The van der Waals surface area contributed by atoms with Gasteiger partial charge in [0, 0.05) is 6.42 Å². The number of rotatable bonds is 10. The van der Waals surface area contributed by atoms with E-state index in [1.54, 1.807) is 20.8 Å². The Bertz CT molecular complexity index is 1320. The first-order valence-corrected chi connectivity index (χ1v) is 24.7. The van der Waals surface area contributed by atoms with Crippen LogP contribution >= 0.6 is 0 Å². The van der Waals surface area contributed by atoms with E-state index in [1.807, 2.05) is 0 Å². The molecule has 0 amide bonds. The second kappa shape index (κ2) is 15.2. The maximum absolute atomic E-state index is 14.3. The molecule has 0 radical (unpaired) electrons. The van der Waals surface area contributed by atoms with E-state index in [-0.39, 0.29) is 35.0 Å². The maximum atomic E-state index is 14.3. The zero-order valence-electron chi connectivity index (χ0n) is 33.3. The first-order chi connectivity index (χ1) is 22.9. The first kappa shape index (κ1) is 44.3.